The Morgan fingerprint density at radius 2 is 1.96 bits per heavy atom. The minimum absolute atomic E-state index is 0.131. The molecule has 26 heavy (non-hydrogen) atoms. The molecule has 3 aliphatic rings. The van der Waals surface area contributed by atoms with Gasteiger partial charge in [0.05, 0.1) is 5.92 Å². The molecule has 1 N–H and O–H groups in total. The third-order valence-electron chi connectivity index (χ3n) is 5.20. The van der Waals surface area contributed by atoms with E-state index in [2.05, 4.69) is 6.58 Å². The van der Waals surface area contributed by atoms with Gasteiger partial charge in [-0.3, -0.25) is 4.79 Å². The van der Waals surface area contributed by atoms with E-state index in [1.54, 1.807) is 27.7 Å². The first-order chi connectivity index (χ1) is 12.1. The third kappa shape index (κ3) is 2.74. The number of ketones is 1. The van der Waals surface area contributed by atoms with Crippen LogP contribution in [-0.2, 0) is 23.9 Å². The van der Waals surface area contributed by atoms with Gasteiger partial charge in [0.25, 0.3) is 0 Å². The maximum atomic E-state index is 12.5. The fraction of sp³-hybridized carbons (Fsp3) is 0.450. The van der Waals surface area contributed by atoms with Gasteiger partial charge in [-0.2, -0.15) is 0 Å². The maximum absolute atomic E-state index is 12.5. The van der Waals surface area contributed by atoms with E-state index >= 15 is 0 Å². The van der Waals surface area contributed by atoms with Crippen molar-refractivity contribution in [3.05, 3.63) is 46.6 Å². The van der Waals surface area contributed by atoms with Crippen LogP contribution in [-0.4, -0.2) is 41.1 Å². The highest BCUT2D eigenvalue weighted by Crippen LogP contribution is 2.48. The molecule has 1 aliphatic heterocycles. The lowest BCUT2D eigenvalue weighted by molar-refractivity contribution is -0.149. The number of rotatable bonds is 2. The van der Waals surface area contributed by atoms with Crippen molar-refractivity contribution >= 4 is 17.7 Å². The zero-order valence-corrected chi connectivity index (χ0v) is 15.2. The second kappa shape index (κ2) is 6.36. The van der Waals surface area contributed by atoms with Gasteiger partial charge in [-0.15, -0.1) is 0 Å². The minimum atomic E-state index is -1.23. The molecular formula is C20H22O6. The van der Waals surface area contributed by atoms with E-state index in [0.717, 1.165) is 11.1 Å². The van der Waals surface area contributed by atoms with Gasteiger partial charge in [0.1, 0.15) is 12.2 Å². The lowest BCUT2D eigenvalue weighted by atomic mass is 9.82. The molecule has 0 bridgehead atoms. The van der Waals surface area contributed by atoms with E-state index in [9.17, 15) is 19.5 Å². The summed E-state index contributed by atoms with van der Waals surface area (Å²) in [6.07, 6.45) is -0.199. The summed E-state index contributed by atoms with van der Waals surface area (Å²) in [4.78, 5) is 36.7. The van der Waals surface area contributed by atoms with Gasteiger partial charge >= 0.3 is 11.9 Å². The number of allylic oxidation sites excluding steroid dienone is 2. The molecule has 1 fully saturated rings. The van der Waals surface area contributed by atoms with Crippen LogP contribution in [0.5, 0.6) is 0 Å². The van der Waals surface area contributed by atoms with Crippen molar-refractivity contribution in [3.8, 4) is 0 Å². The summed E-state index contributed by atoms with van der Waals surface area (Å²) in [6, 6.07) is 0. The molecule has 0 aromatic carbocycles. The predicted octanol–water partition coefficient (Wildman–Crippen LogP) is 1.80. The second-order valence-corrected chi connectivity index (χ2v) is 7.32. The van der Waals surface area contributed by atoms with Crippen LogP contribution in [0, 0.1) is 11.8 Å². The minimum Gasteiger partial charge on any atom is -0.457 e. The highest BCUT2D eigenvalue weighted by atomic mass is 16.6. The Morgan fingerprint density at radius 3 is 2.58 bits per heavy atom. The Bertz CT molecular complexity index is 808. The van der Waals surface area contributed by atoms with Crippen LogP contribution >= 0.6 is 0 Å². The van der Waals surface area contributed by atoms with Gasteiger partial charge in [0.2, 0.25) is 0 Å². The van der Waals surface area contributed by atoms with E-state index in [1.165, 1.54) is 12.2 Å². The van der Waals surface area contributed by atoms with Crippen molar-refractivity contribution < 1.29 is 29.0 Å². The van der Waals surface area contributed by atoms with Crippen molar-refractivity contribution in [3.63, 3.8) is 0 Å². The number of ether oxygens (including phenoxy) is 2. The fourth-order valence-corrected chi connectivity index (χ4v) is 4.05. The van der Waals surface area contributed by atoms with E-state index < -0.39 is 42.1 Å². The highest BCUT2D eigenvalue weighted by molar-refractivity contribution is 6.09. The number of fused-ring (bicyclic) bond motifs is 3. The monoisotopic (exact) mass is 358 g/mol. The second-order valence-electron chi connectivity index (χ2n) is 7.32. The van der Waals surface area contributed by atoms with E-state index in [-0.39, 0.29) is 11.4 Å². The van der Waals surface area contributed by atoms with Gasteiger partial charge in [0.15, 0.2) is 11.9 Å². The summed E-state index contributed by atoms with van der Waals surface area (Å²) in [5, 5.41) is 10.9. The van der Waals surface area contributed by atoms with Gasteiger partial charge in [0, 0.05) is 23.1 Å². The van der Waals surface area contributed by atoms with Gasteiger partial charge in [-0.05, 0) is 39.3 Å². The summed E-state index contributed by atoms with van der Waals surface area (Å²) in [5.41, 5.74) is 2.54. The van der Waals surface area contributed by atoms with Crippen molar-refractivity contribution in [2.75, 3.05) is 0 Å². The first kappa shape index (κ1) is 18.3. The molecule has 5 atom stereocenters. The van der Waals surface area contributed by atoms with Crippen LogP contribution in [0.2, 0.25) is 0 Å². The molecule has 0 unspecified atom stereocenters. The predicted molar refractivity (Wildman–Crippen MR) is 92.8 cm³/mol. The highest BCUT2D eigenvalue weighted by Gasteiger charge is 2.55. The van der Waals surface area contributed by atoms with Crippen LogP contribution in [0.15, 0.2) is 46.6 Å². The first-order valence-corrected chi connectivity index (χ1v) is 8.50. The molecule has 138 valence electrons. The van der Waals surface area contributed by atoms with Crippen molar-refractivity contribution in [2.45, 2.75) is 46.0 Å². The van der Waals surface area contributed by atoms with Gasteiger partial charge in [-0.1, -0.05) is 17.7 Å². The Hall–Kier alpha value is -2.47. The van der Waals surface area contributed by atoms with Gasteiger partial charge in [-0.25, -0.2) is 9.59 Å². The molecule has 3 rings (SSSR count). The summed E-state index contributed by atoms with van der Waals surface area (Å²) >= 11 is 0. The van der Waals surface area contributed by atoms with Crippen LogP contribution < -0.4 is 0 Å². The average Bonchev–Trinajstić information content (AvgIpc) is 2.95. The molecule has 6 heteroatoms. The summed E-state index contributed by atoms with van der Waals surface area (Å²) in [6.45, 7) is 10.7. The Balaban J connectivity index is 2.10. The largest absolute Gasteiger partial charge is 0.457 e. The number of carbonyl (C=O) groups excluding carboxylic acids is 3. The van der Waals surface area contributed by atoms with E-state index in [4.69, 9.17) is 9.47 Å². The smallest absolute Gasteiger partial charge is 0.334 e. The SMILES string of the molecule is C=C1C(=O)O[C@@H]2[C@H]3C(C)=CC(=O)C3=C(C)[C@@H](OC(=O)C=C(C)C)[C@H](O)[C@@H]12. The fourth-order valence-electron chi connectivity index (χ4n) is 4.05. The quantitative estimate of drug-likeness (QED) is 0.598. The number of hydrogen-bond acceptors (Lipinski definition) is 6. The third-order valence-corrected chi connectivity index (χ3v) is 5.20. The summed E-state index contributed by atoms with van der Waals surface area (Å²) in [7, 11) is 0. The average molecular weight is 358 g/mol. The van der Waals surface area contributed by atoms with Crippen LogP contribution in [0.1, 0.15) is 27.7 Å². The maximum Gasteiger partial charge on any atom is 0.334 e. The van der Waals surface area contributed by atoms with E-state index in [1.807, 2.05) is 0 Å². The van der Waals surface area contributed by atoms with Gasteiger partial charge < -0.3 is 14.6 Å². The zero-order valence-electron chi connectivity index (χ0n) is 15.2. The molecule has 0 saturated carbocycles. The lowest BCUT2D eigenvalue weighted by Gasteiger charge is -2.28. The number of aliphatic hydroxyl groups is 1. The number of aliphatic hydroxyl groups excluding tert-OH is 1. The molecule has 0 amide bonds. The molecule has 1 saturated heterocycles. The Morgan fingerprint density at radius 1 is 1.31 bits per heavy atom. The molecule has 1 heterocycles. The summed E-state index contributed by atoms with van der Waals surface area (Å²) < 4.78 is 10.9. The van der Waals surface area contributed by atoms with Crippen LogP contribution in [0.3, 0.4) is 0 Å². The zero-order chi connectivity index (χ0) is 19.3. The molecular weight excluding hydrogens is 336 g/mol. The molecule has 6 nitrogen and oxygen atoms in total. The van der Waals surface area contributed by atoms with Crippen LogP contribution in [0.4, 0.5) is 0 Å². The normalized spacial score (nSPS) is 33.2. The molecule has 0 aromatic rings. The van der Waals surface area contributed by atoms with Crippen molar-refractivity contribution in [2.24, 2.45) is 11.8 Å². The standard InChI is InChI=1S/C20H22O6/c1-8(2)6-13(22)25-18-10(4)15-12(21)7-9(3)14(15)19-16(17(18)23)11(5)20(24)26-19/h6-7,14,16-19,23H,5H2,1-4H3/t14-,16+,17+,18+,19+/m0/s1. The number of carbonyl (C=O) groups is 3. The number of esters is 2. The molecule has 0 spiro atoms. The molecule has 0 aromatic heterocycles. The van der Waals surface area contributed by atoms with Crippen molar-refractivity contribution in [1.82, 2.24) is 0 Å². The molecule has 2 aliphatic carbocycles. The lowest BCUT2D eigenvalue weighted by Crippen LogP contribution is -2.41. The topological polar surface area (TPSA) is 89.9 Å². The Labute approximate surface area is 151 Å². The summed E-state index contributed by atoms with van der Waals surface area (Å²) in [5.74, 6) is -2.64. The van der Waals surface area contributed by atoms with Crippen molar-refractivity contribution in [1.29, 1.82) is 0 Å². The van der Waals surface area contributed by atoms with Crippen LogP contribution in [0.25, 0.3) is 0 Å². The Kier molecular flexibility index (Phi) is 4.48. The van der Waals surface area contributed by atoms with E-state index in [0.29, 0.717) is 11.1 Å². The first-order valence-electron chi connectivity index (χ1n) is 8.50. The molecule has 0 radical (unpaired) electrons. The number of hydrogen-bond donors (Lipinski definition) is 1.